The van der Waals surface area contributed by atoms with Crippen molar-refractivity contribution in [2.75, 3.05) is 6.61 Å². The SMILES string of the molecule is O=C(COC(=O)C12CC3CC(CC(Br)(C3)C1)C2)NC12CC3CC(CC(C3)C1)C2. The molecular formula is C23H32BrNO3. The zero-order valence-corrected chi connectivity index (χ0v) is 18.3. The van der Waals surface area contributed by atoms with E-state index in [1.807, 2.05) is 0 Å². The van der Waals surface area contributed by atoms with Gasteiger partial charge in [0.15, 0.2) is 6.61 Å². The molecule has 8 aliphatic carbocycles. The average molecular weight is 450 g/mol. The number of rotatable bonds is 4. The van der Waals surface area contributed by atoms with E-state index in [-0.39, 0.29) is 33.8 Å². The molecule has 5 heteroatoms. The number of hydrogen-bond acceptors (Lipinski definition) is 3. The van der Waals surface area contributed by atoms with Gasteiger partial charge in [0, 0.05) is 9.86 Å². The molecule has 1 N–H and O–H groups in total. The number of halogens is 1. The van der Waals surface area contributed by atoms with E-state index < -0.39 is 0 Å². The Morgan fingerprint density at radius 2 is 1.36 bits per heavy atom. The zero-order valence-electron chi connectivity index (χ0n) is 16.7. The molecule has 8 fully saturated rings. The smallest absolute Gasteiger partial charge is 0.312 e. The topological polar surface area (TPSA) is 55.4 Å². The van der Waals surface area contributed by atoms with E-state index in [1.54, 1.807) is 0 Å². The quantitative estimate of drug-likeness (QED) is 0.512. The van der Waals surface area contributed by atoms with Gasteiger partial charge in [-0.15, -0.1) is 0 Å². The van der Waals surface area contributed by atoms with Gasteiger partial charge in [0.25, 0.3) is 5.91 Å². The Bertz CT molecular complexity index is 669. The lowest BCUT2D eigenvalue weighted by atomic mass is 9.49. The Kier molecular flexibility index (Phi) is 3.89. The molecule has 154 valence electrons. The van der Waals surface area contributed by atoms with E-state index in [9.17, 15) is 9.59 Å². The predicted octanol–water partition coefficient (Wildman–Crippen LogP) is 4.35. The maximum atomic E-state index is 13.1. The third kappa shape index (κ3) is 2.89. The zero-order chi connectivity index (χ0) is 19.1. The van der Waals surface area contributed by atoms with E-state index in [2.05, 4.69) is 21.2 Å². The fourth-order valence-electron chi connectivity index (χ4n) is 9.27. The van der Waals surface area contributed by atoms with Crippen LogP contribution >= 0.6 is 15.9 Å². The van der Waals surface area contributed by atoms with Gasteiger partial charge < -0.3 is 10.1 Å². The second-order valence-corrected chi connectivity index (χ2v) is 13.4. The van der Waals surface area contributed by atoms with Crippen LogP contribution in [-0.4, -0.2) is 28.3 Å². The van der Waals surface area contributed by atoms with Crippen LogP contribution in [0.4, 0.5) is 0 Å². The summed E-state index contributed by atoms with van der Waals surface area (Å²) < 4.78 is 5.81. The lowest BCUT2D eigenvalue weighted by Crippen LogP contribution is -2.60. The Morgan fingerprint density at radius 1 is 0.821 bits per heavy atom. The minimum Gasteiger partial charge on any atom is -0.455 e. The highest BCUT2D eigenvalue weighted by atomic mass is 79.9. The van der Waals surface area contributed by atoms with Crippen LogP contribution in [0.1, 0.15) is 77.0 Å². The third-order valence-electron chi connectivity index (χ3n) is 9.20. The first-order chi connectivity index (χ1) is 13.3. The van der Waals surface area contributed by atoms with E-state index in [0.29, 0.717) is 11.8 Å². The van der Waals surface area contributed by atoms with Crippen molar-refractivity contribution in [1.82, 2.24) is 5.32 Å². The van der Waals surface area contributed by atoms with Crippen LogP contribution in [-0.2, 0) is 14.3 Å². The van der Waals surface area contributed by atoms with Crippen molar-refractivity contribution in [1.29, 1.82) is 0 Å². The number of esters is 1. The molecule has 0 radical (unpaired) electrons. The maximum Gasteiger partial charge on any atom is 0.312 e. The van der Waals surface area contributed by atoms with Crippen LogP contribution in [0.15, 0.2) is 0 Å². The summed E-state index contributed by atoms with van der Waals surface area (Å²) >= 11 is 3.96. The highest BCUT2D eigenvalue weighted by molar-refractivity contribution is 9.10. The number of ether oxygens (including phenoxy) is 1. The number of amides is 1. The lowest BCUT2D eigenvalue weighted by Gasteiger charge is -2.58. The highest BCUT2D eigenvalue weighted by Crippen LogP contribution is 2.64. The Hall–Kier alpha value is -0.580. The molecule has 0 spiro atoms. The van der Waals surface area contributed by atoms with Gasteiger partial charge in [-0.1, -0.05) is 15.9 Å². The number of hydrogen-bond donors (Lipinski definition) is 1. The fourth-order valence-corrected chi connectivity index (χ4v) is 10.7. The molecule has 0 aromatic carbocycles. The fraction of sp³-hybridized carbons (Fsp3) is 0.913. The van der Waals surface area contributed by atoms with Crippen molar-refractivity contribution in [3.05, 3.63) is 0 Å². The Balaban J connectivity index is 1.09. The number of carbonyl (C=O) groups is 2. The molecule has 2 atom stereocenters. The molecule has 0 aromatic heterocycles. The van der Waals surface area contributed by atoms with Crippen LogP contribution < -0.4 is 5.32 Å². The minimum absolute atomic E-state index is 0.00115. The summed E-state index contributed by atoms with van der Waals surface area (Å²) in [6.07, 6.45) is 14.0. The Labute approximate surface area is 176 Å². The van der Waals surface area contributed by atoms with Gasteiger partial charge in [-0.05, 0) is 107 Å². The second kappa shape index (κ2) is 5.98. The first-order valence-corrected chi connectivity index (χ1v) is 12.3. The summed E-state index contributed by atoms with van der Waals surface area (Å²) in [5, 5.41) is 3.34. The van der Waals surface area contributed by atoms with E-state index in [0.717, 1.165) is 56.3 Å². The average Bonchev–Trinajstić information content (AvgIpc) is 2.55. The standard InChI is InChI=1S/C23H32BrNO3/c24-22-7-17-4-18(8-22)6-21(5-17,13-22)20(27)28-12-19(26)25-23-9-14-1-15(10-23)3-16(2-14)11-23/h14-18H,1-13H2,(H,25,26). The third-order valence-corrected chi connectivity index (χ3v) is 10.1. The Morgan fingerprint density at radius 3 is 1.89 bits per heavy atom. The first-order valence-electron chi connectivity index (χ1n) is 11.5. The van der Waals surface area contributed by atoms with E-state index in [1.165, 1.54) is 38.5 Å². The van der Waals surface area contributed by atoms with Gasteiger partial charge in [0.1, 0.15) is 0 Å². The second-order valence-electron chi connectivity index (χ2n) is 11.7. The largest absolute Gasteiger partial charge is 0.455 e. The molecule has 0 heterocycles. The van der Waals surface area contributed by atoms with Crippen LogP contribution in [0.25, 0.3) is 0 Å². The number of carbonyl (C=O) groups excluding carboxylic acids is 2. The van der Waals surface area contributed by atoms with Gasteiger partial charge in [0.2, 0.25) is 0 Å². The van der Waals surface area contributed by atoms with Crippen molar-refractivity contribution >= 4 is 27.8 Å². The molecular weight excluding hydrogens is 418 g/mol. The molecule has 8 saturated carbocycles. The van der Waals surface area contributed by atoms with Crippen molar-refractivity contribution in [2.45, 2.75) is 86.9 Å². The summed E-state index contributed by atoms with van der Waals surface area (Å²) in [6, 6.07) is 0. The number of alkyl halides is 1. The first kappa shape index (κ1) is 18.2. The molecule has 8 aliphatic rings. The molecule has 2 unspecified atom stereocenters. The minimum atomic E-state index is -0.339. The normalized spacial score (nSPS) is 52.7. The molecule has 0 aromatic rings. The molecule has 0 saturated heterocycles. The lowest BCUT2D eigenvalue weighted by molar-refractivity contribution is -0.171. The summed E-state index contributed by atoms with van der Waals surface area (Å²) in [4.78, 5) is 25.8. The molecule has 28 heavy (non-hydrogen) atoms. The molecule has 1 amide bonds. The highest BCUT2D eigenvalue weighted by Gasteiger charge is 2.60. The summed E-state index contributed by atoms with van der Waals surface area (Å²) in [6.45, 7) is -0.0903. The van der Waals surface area contributed by atoms with Crippen molar-refractivity contribution in [3.8, 4) is 0 Å². The van der Waals surface area contributed by atoms with Gasteiger partial charge >= 0.3 is 5.97 Å². The van der Waals surface area contributed by atoms with Gasteiger partial charge in [0.05, 0.1) is 5.41 Å². The van der Waals surface area contributed by atoms with Crippen LogP contribution in [0.3, 0.4) is 0 Å². The van der Waals surface area contributed by atoms with E-state index >= 15 is 0 Å². The van der Waals surface area contributed by atoms with Gasteiger partial charge in [-0.3, -0.25) is 9.59 Å². The monoisotopic (exact) mass is 449 g/mol. The van der Waals surface area contributed by atoms with Crippen LogP contribution in [0.2, 0.25) is 0 Å². The van der Waals surface area contributed by atoms with Gasteiger partial charge in [-0.2, -0.15) is 0 Å². The molecule has 4 nitrogen and oxygen atoms in total. The predicted molar refractivity (Wildman–Crippen MR) is 109 cm³/mol. The molecule has 0 aliphatic heterocycles. The number of nitrogens with one attached hydrogen (secondary N) is 1. The van der Waals surface area contributed by atoms with E-state index in [4.69, 9.17) is 4.74 Å². The molecule has 8 rings (SSSR count). The van der Waals surface area contributed by atoms with Gasteiger partial charge in [-0.25, -0.2) is 0 Å². The summed E-state index contributed by atoms with van der Waals surface area (Å²) in [5.41, 5.74) is -0.340. The van der Waals surface area contributed by atoms with Crippen molar-refractivity contribution in [2.24, 2.45) is 35.0 Å². The van der Waals surface area contributed by atoms with Crippen molar-refractivity contribution in [3.63, 3.8) is 0 Å². The maximum absolute atomic E-state index is 13.1. The summed E-state index contributed by atoms with van der Waals surface area (Å²) in [7, 11) is 0. The van der Waals surface area contributed by atoms with Crippen LogP contribution in [0.5, 0.6) is 0 Å². The summed E-state index contributed by atoms with van der Waals surface area (Å²) in [5.74, 6) is 3.52. The van der Waals surface area contributed by atoms with Crippen molar-refractivity contribution < 1.29 is 14.3 Å². The van der Waals surface area contributed by atoms with Crippen LogP contribution in [0, 0.1) is 35.0 Å². The molecule has 8 bridgehead atoms.